The van der Waals surface area contributed by atoms with Gasteiger partial charge in [0, 0.05) is 35.6 Å². The van der Waals surface area contributed by atoms with E-state index in [9.17, 15) is 5.11 Å². The van der Waals surface area contributed by atoms with Crippen molar-refractivity contribution in [3.05, 3.63) is 0 Å². The molecule has 2 heterocycles. The molecule has 106 valence electrons. The Labute approximate surface area is 115 Å². The molecule has 1 N–H and O–H groups in total. The molecule has 2 aliphatic rings. The number of hydrogen-bond donors (Lipinski definition) is 1. The van der Waals surface area contributed by atoms with Crippen LogP contribution in [0.1, 0.15) is 33.1 Å². The molecule has 0 aromatic heterocycles. The molecule has 0 aromatic carbocycles. The number of aliphatic hydroxyl groups is 1. The Bertz CT molecular complexity index is 265. The maximum absolute atomic E-state index is 9.73. The summed E-state index contributed by atoms with van der Waals surface area (Å²) < 4.78 is 6.01. The number of thioether (sulfide) groups is 1. The first-order valence-corrected chi connectivity index (χ1v) is 8.09. The van der Waals surface area contributed by atoms with Crippen molar-refractivity contribution in [3.8, 4) is 0 Å². The minimum absolute atomic E-state index is 0.00258. The monoisotopic (exact) mass is 273 g/mol. The van der Waals surface area contributed by atoms with E-state index in [1.54, 1.807) is 0 Å². The highest BCUT2D eigenvalue weighted by Gasteiger charge is 2.35. The van der Waals surface area contributed by atoms with Gasteiger partial charge in [0.05, 0.1) is 13.2 Å². The van der Waals surface area contributed by atoms with Gasteiger partial charge in [0.1, 0.15) is 0 Å². The van der Waals surface area contributed by atoms with Gasteiger partial charge in [-0.2, -0.15) is 11.8 Å². The van der Waals surface area contributed by atoms with Gasteiger partial charge >= 0.3 is 0 Å². The Balaban J connectivity index is 1.91. The number of aliphatic hydroxyl groups excluding tert-OH is 1. The number of rotatable bonds is 3. The van der Waals surface area contributed by atoms with E-state index in [4.69, 9.17) is 4.74 Å². The molecule has 0 saturated carbocycles. The summed E-state index contributed by atoms with van der Waals surface area (Å²) in [7, 11) is 0. The maximum atomic E-state index is 9.73. The van der Waals surface area contributed by atoms with Crippen LogP contribution in [0.2, 0.25) is 0 Å². The van der Waals surface area contributed by atoms with Gasteiger partial charge in [0.25, 0.3) is 0 Å². The Hall–Kier alpha value is 0.230. The maximum Gasteiger partial charge on any atom is 0.0556 e. The summed E-state index contributed by atoms with van der Waals surface area (Å²) in [5.41, 5.74) is -0.00258. The van der Waals surface area contributed by atoms with E-state index >= 15 is 0 Å². The Morgan fingerprint density at radius 3 is 2.78 bits per heavy atom. The molecule has 0 radical (unpaired) electrons. The third kappa shape index (κ3) is 3.86. The quantitative estimate of drug-likeness (QED) is 0.852. The summed E-state index contributed by atoms with van der Waals surface area (Å²) in [5.74, 6) is 1.20. The fraction of sp³-hybridized carbons (Fsp3) is 1.00. The SMILES string of the molecule is CC1(C)CCN(CC2(CO)CCCOC2)CCS1. The molecule has 0 aromatic rings. The molecule has 0 bridgehead atoms. The van der Waals surface area contributed by atoms with Crippen LogP contribution >= 0.6 is 11.8 Å². The summed E-state index contributed by atoms with van der Waals surface area (Å²) >= 11 is 2.08. The smallest absolute Gasteiger partial charge is 0.0556 e. The minimum atomic E-state index is -0.00258. The lowest BCUT2D eigenvalue weighted by Gasteiger charge is -2.39. The van der Waals surface area contributed by atoms with Crippen LogP contribution in [0.5, 0.6) is 0 Å². The van der Waals surface area contributed by atoms with E-state index < -0.39 is 0 Å². The highest BCUT2D eigenvalue weighted by atomic mass is 32.2. The molecule has 0 amide bonds. The van der Waals surface area contributed by atoms with Gasteiger partial charge in [0.15, 0.2) is 0 Å². The zero-order chi connectivity index (χ0) is 13.1. The molecule has 0 aliphatic carbocycles. The first-order chi connectivity index (χ1) is 8.55. The van der Waals surface area contributed by atoms with E-state index in [1.807, 2.05) is 0 Å². The molecule has 1 atom stereocenters. The van der Waals surface area contributed by atoms with E-state index in [0.29, 0.717) is 4.75 Å². The average Bonchev–Trinajstić information content (AvgIpc) is 2.52. The van der Waals surface area contributed by atoms with Gasteiger partial charge in [0.2, 0.25) is 0 Å². The van der Waals surface area contributed by atoms with Crippen LogP contribution in [0.15, 0.2) is 0 Å². The highest BCUT2D eigenvalue weighted by Crippen LogP contribution is 2.33. The van der Waals surface area contributed by atoms with Crippen LogP contribution in [0.4, 0.5) is 0 Å². The molecule has 1 unspecified atom stereocenters. The van der Waals surface area contributed by atoms with Crippen molar-refractivity contribution in [2.45, 2.75) is 37.9 Å². The predicted octanol–water partition coefficient (Wildman–Crippen LogP) is 1.99. The van der Waals surface area contributed by atoms with E-state index in [-0.39, 0.29) is 12.0 Å². The third-order valence-corrected chi connectivity index (χ3v) is 5.60. The van der Waals surface area contributed by atoms with Crippen molar-refractivity contribution in [3.63, 3.8) is 0 Å². The second-order valence-corrected chi connectivity index (χ2v) is 8.25. The summed E-state index contributed by atoms with van der Waals surface area (Å²) in [6.45, 7) is 9.85. The number of ether oxygens (including phenoxy) is 1. The Morgan fingerprint density at radius 1 is 1.28 bits per heavy atom. The molecular formula is C14H27NO2S. The molecule has 2 fully saturated rings. The standard InChI is InChI=1S/C14H27NO2S/c1-13(2)5-6-15(7-9-18-13)10-14(11-16)4-3-8-17-12-14/h16H,3-12H2,1-2H3. The number of nitrogens with zero attached hydrogens (tertiary/aromatic N) is 1. The van der Waals surface area contributed by atoms with Crippen molar-refractivity contribution in [1.29, 1.82) is 0 Å². The van der Waals surface area contributed by atoms with Gasteiger partial charge in [-0.15, -0.1) is 0 Å². The molecule has 18 heavy (non-hydrogen) atoms. The topological polar surface area (TPSA) is 32.7 Å². The molecule has 0 spiro atoms. The first kappa shape index (κ1) is 14.6. The number of hydrogen-bond acceptors (Lipinski definition) is 4. The largest absolute Gasteiger partial charge is 0.396 e. The Kier molecular flexibility index (Phi) is 4.98. The third-order valence-electron chi connectivity index (χ3n) is 4.23. The van der Waals surface area contributed by atoms with Crippen molar-refractivity contribution in [2.24, 2.45) is 5.41 Å². The zero-order valence-corrected chi connectivity index (χ0v) is 12.6. The lowest BCUT2D eigenvalue weighted by atomic mass is 9.82. The van der Waals surface area contributed by atoms with Gasteiger partial charge < -0.3 is 14.7 Å². The molecule has 2 rings (SSSR count). The summed E-state index contributed by atoms with van der Waals surface area (Å²) in [6.07, 6.45) is 3.44. The van der Waals surface area contributed by atoms with Gasteiger partial charge in [-0.25, -0.2) is 0 Å². The summed E-state index contributed by atoms with van der Waals surface area (Å²) in [5, 5.41) is 9.73. The van der Waals surface area contributed by atoms with Crippen LogP contribution in [0, 0.1) is 5.41 Å². The summed E-state index contributed by atoms with van der Waals surface area (Å²) in [6, 6.07) is 0. The van der Waals surface area contributed by atoms with Crippen molar-refractivity contribution in [1.82, 2.24) is 4.90 Å². The average molecular weight is 273 g/mol. The summed E-state index contributed by atoms with van der Waals surface area (Å²) in [4.78, 5) is 2.53. The predicted molar refractivity (Wildman–Crippen MR) is 77.2 cm³/mol. The van der Waals surface area contributed by atoms with Crippen LogP contribution < -0.4 is 0 Å². The normalized spacial score (nSPS) is 34.2. The van der Waals surface area contributed by atoms with Crippen LogP contribution in [0.25, 0.3) is 0 Å². The molecule has 2 aliphatic heterocycles. The fourth-order valence-electron chi connectivity index (χ4n) is 2.90. The molecule has 2 saturated heterocycles. The van der Waals surface area contributed by atoms with Crippen LogP contribution in [0.3, 0.4) is 0 Å². The second-order valence-electron chi connectivity index (χ2n) is 6.45. The van der Waals surface area contributed by atoms with Crippen molar-refractivity contribution >= 4 is 11.8 Å². The van der Waals surface area contributed by atoms with Crippen LogP contribution in [-0.4, -0.2) is 60.0 Å². The van der Waals surface area contributed by atoms with Crippen molar-refractivity contribution < 1.29 is 9.84 Å². The molecular weight excluding hydrogens is 246 g/mol. The van der Waals surface area contributed by atoms with E-state index in [2.05, 4.69) is 30.5 Å². The van der Waals surface area contributed by atoms with Gasteiger partial charge in [-0.1, -0.05) is 13.8 Å². The van der Waals surface area contributed by atoms with Crippen molar-refractivity contribution in [2.75, 3.05) is 45.2 Å². The first-order valence-electron chi connectivity index (χ1n) is 7.10. The van der Waals surface area contributed by atoms with E-state index in [0.717, 1.165) is 45.7 Å². The van der Waals surface area contributed by atoms with Crippen LogP contribution in [-0.2, 0) is 4.74 Å². The molecule has 3 nitrogen and oxygen atoms in total. The second kappa shape index (κ2) is 6.12. The van der Waals surface area contributed by atoms with Gasteiger partial charge in [-0.05, 0) is 25.8 Å². The Morgan fingerprint density at radius 2 is 2.11 bits per heavy atom. The fourth-order valence-corrected chi connectivity index (χ4v) is 4.04. The van der Waals surface area contributed by atoms with Gasteiger partial charge in [-0.3, -0.25) is 0 Å². The van der Waals surface area contributed by atoms with E-state index in [1.165, 1.54) is 12.2 Å². The lowest BCUT2D eigenvalue weighted by Crippen LogP contribution is -2.46. The highest BCUT2D eigenvalue weighted by molar-refractivity contribution is 8.00. The lowest BCUT2D eigenvalue weighted by molar-refractivity contribution is -0.0546. The zero-order valence-electron chi connectivity index (χ0n) is 11.8. The molecule has 4 heteroatoms. The minimum Gasteiger partial charge on any atom is -0.396 e.